The predicted octanol–water partition coefficient (Wildman–Crippen LogP) is -0.197. The molecule has 3 atom stereocenters. The van der Waals surface area contributed by atoms with Crippen LogP contribution in [-0.2, 0) is 19.1 Å². The number of rotatable bonds is 9. The number of methoxy groups -OCH3 is 1. The van der Waals surface area contributed by atoms with Crippen LogP contribution in [0.15, 0.2) is 0 Å². The fraction of sp³-hybridized carbons (Fsp3) is 0.800. The molecule has 0 aromatic rings. The highest BCUT2D eigenvalue weighted by Crippen LogP contribution is 2.11. The molecule has 0 aromatic carbocycles. The molecule has 0 spiro atoms. The van der Waals surface area contributed by atoms with Crippen LogP contribution in [0, 0.1) is 5.92 Å². The molecule has 0 bridgehead atoms. The number of aldehydes is 2. The van der Waals surface area contributed by atoms with E-state index in [-0.39, 0.29) is 13.2 Å². The van der Waals surface area contributed by atoms with E-state index >= 15 is 0 Å². The second-order valence-electron chi connectivity index (χ2n) is 3.20. The Balaban J connectivity index is 4.27. The molecule has 5 nitrogen and oxygen atoms in total. The van der Waals surface area contributed by atoms with Gasteiger partial charge in [0.2, 0.25) is 0 Å². The van der Waals surface area contributed by atoms with E-state index in [0.29, 0.717) is 12.7 Å². The van der Waals surface area contributed by atoms with Gasteiger partial charge in [0, 0.05) is 13.0 Å². The molecule has 0 saturated carbocycles. The van der Waals surface area contributed by atoms with Gasteiger partial charge in [-0.05, 0) is 6.42 Å². The molecule has 0 fully saturated rings. The Bertz CT molecular complexity index is 183. The Kier molecular flexibility index (Phi) is 8.08. The number of ether oxygens (including phenoxy) is 2. The van der Waals surface area contributed by atoms with E-state index in [2.05, 4.69) is 0 Å². The third-order valence-electron chi connectivity index (χ3n) is 2.14. The molecule has 0 radical (unpaired) electrons. The number of carbonyl (C=O) groups excluding carboxylic acids is 2. The zero-order valence-corrected chi connectivity index (χ0v) is 9.09. The zero-order valence-electron chi connectivity index (χ0n) is 9.09. The summed E-state index contributed by atoms with van der Waals surface area (Å²) in [6, 6.07) is 0. The van der Waals surface area contributed by atoms with E-state index < -0.39 is 18.1 Å². The predicted molar refractivity (Wildman–Crippen MR) is 53.5 cm³/mol. The summed E-state index contributed by atoms with van der Waals surface area (Å²) in [4.78, 5) is 21.2. The van der Waals surface area contributed by atoms with E-state index in [9.17, 15) is 9.59 Å². The first-order chi connectivity index (χ1) is 7.23. The third-order valence-corrected chi connectivity index (χ3v) is 2.14. The lowest BCUT2D eigenvalue weighted by molar-refractivity contribution is -0.137. The minimum atomic E-state index is -0.735. The molecular formula is C10H18O5. The van der Waals surface area contributed by atoms with Gasteiger partial charge in [-0.25, -0.2) is 0 Å². The third kappa shape index (κ3) is 5.01. The van der Waals surface area contributed by atoms with Crippen molar-refractivity contribution in [3.63, 3.8) is 0 Å². The molecule has 0 heterocycles. The quantitative estimate of drug-likeness (QED) is 0.543. The van der Waals surface area contributed by atoms with Crippen molar-refractivity contribution in [2.24, 2.45) is 5.92 Å². The van der Waals surface area contributed by atoms with Crippen LogP contribution >= 0.6 is 0 Å². The topological polar surface area (TPSA) is 72.8 Å². The standard InChI is InChI=1S/C10H18O5/c1-3-8(4-11)10(6-13)15-9(5-12)7-14-2/h4-5,8-10,13H,3,6-7H2,1-2H3. The normalized spacial score (nSPS) is 16.7. The molecular weight excluding hydrogens is 200 g/mol. The Labute approximate surface area is 89.4 Å². The van der Waals surface area contributed by atoms with Crippen molar-refractivity contribution in [1.29, 1.82) is 0 Å². The highest BCUT2D eigenvalue weighted by atomic mass is 16.5. The Morgan fingerprint density at radius 3 is 2.33 bits per heavy atom. The van der Waals surface area contributed by atoms with E-state index in [0.717, 1.165) is 6.29 Å². The summed E-state index contributed by atoms with van der Waals surface area (Å²) in [6.45, 7) is 1.65. The lowest BCUT2D eigenvalue weighted by atomic mass is 10.0. The van der Waals surface area contributed by atoms with Gasteiger partial charge < -0.3 is 24.2 Å². The molecule has 0 aliphatic carbocycles. The van der Waals surface area contributed by atoms with Gasteiger partial charge in [-0.3, -0.25) is 0 Å². The van der Waals surface area contributed by atoms with Crippen molar-refractivity contribution in [1.82, 2.24) is 0 Å². The summed E-state index contributed by atoms with van der Waals surface area (Å²) in [7, 11) is 1.45. The van der Waals surface area contributed by atoms with Crippen LogP contribution in [0.2, 0.25) is 0 Å². The van der Waals surface area contributed by atoms with Gasteiger partial charge in [0.25, 0.3) is 0 Å². The SMILES string of the molecule is CCC(C=O)C(CO)OC(C=O)COC. The maximum Gasteiger partial charge on any atom is 0.151 e. The van der Waals surface area contributed by atoms with E-state index in [1.54, 1.807) is 0 Å². The van der Waals surface area contributed by atoms with Crippen LogP contribution in [0.25, 0.3) is 0 Å². The summed E-state index contributed by atoms with van der Waals surface area (Å²) in [5.74, 6) is -0.394. The molecule has 3 unspecified atom stereocenters. The van der Waals surface area contributed by atoms with Crippen molar-refractivity contribution in [2.75, 3.05) is 20.3 Å². The second-order valence-corrected chi connectivity index (χ2v) is 3.20. The first kappa shape index (κ1) is 14.2. The minimum absolute atomic E-state index is 0.120. The highest BCUT2D eigenvalue weighted by molar-refractivity contribution is 5.57. The van der Waals surface area contributed by atoms with Gasteiger partial charge in [-0.15, -0.1) is 0 Å². The van der Waals surface area contributed by atoms with Gasteiger partial charge in [0.05, 0.1) is 19.3 Å². The maximum absolute atomic E-state index is 10.7. The van der Waals surface area contributed by atoms with Gasteiger partial charge in [0.15, 0.2) is 6.29 Å². The van der Waals surface area contributed by atoms with Gasteiger partial charge >= 0.3 is 0 Å². The van der Waals surface area contributed by atoms with Crippen molar-refractivity contribution in [2.45, 2.75) is 25.6 Å². The summed E-state index contributed by atoms with van der Waals surface area (Å²) in [5, 5.41) is 9.03. The molecule has 0 rings (SSSR count). The van der Waals surface area contributed by atoms with Crippen molar-refractivity contribution in [3.8, 4) is 0 Å². The zero-order chi connectivity index (χ0) is 11.7. The van der Waals surface area contributed by atoms with Crippen molar-refractivity contribution >= 4 is 12.6 Å². The van der Waals surface area contributed by atoms with Crippen LogP contribution in [0.1, 0.15) is 13.3 Å². The molecule has 88 valence electrons. The summed E-state index contributed by atoms with van der Waals surface area (Å²) in [5.41, 5.74) is 0. The minimum Gasteiger partial charge on any atom is -0.394 e. The van der Waals surface area contributed by atoms with E-state index in [1.807, 2.05) is 6.92 Å². The summed E-state index contributed by atoms with van der Waals surface area (Å²) < 4.78 is 10.0. The Morgan fingerprint density at radius 2 is 2.00 bits per heavy atom. The first-order valence-electron chi connectivity index (χ1n) is 4.89. The average Bonchev–Trinajstić information content (AvgIpc) is 2.27. The number of aliphatic hydroxyl groups is 1. The van der Waals surface area contributed by atoms with Crippen LogP contribution in [0.4, 0.5) is 0 Å². The molecule has 5 heteroatoms. The Morgan fingerprint density at radius 1 is 1.33 bits per heavy atom. The first-order valence-corrected chi connectivity index (χ1v) is 4.89. The highest BCUT2D eigenvalue weighted by Gasteiger charge is 2.23. The van der Waals surface area contributed by atoms with E-state index in [4.69, 9.17) is 14.6 Å². The number of carbonyl (C=O) groups is 2. The lowest BCUT2D eigenvalue weighted by Gasteiger charge is -2.23. The molecule has 15 heavy (non-hydrogen) atoms. The van der Waals surface area contributed by atoms with Crippen molar-refractivity contribution in [3.05, 3.63) is 0 Å². The second kappa shape index (κ2) is 8.52. The monoisotopic (exact) mass is 218 g/mol. The van der Waals surface area contributed by atoms with Crippen LogP contribution < -0.4 is 0 Å². The van der Waals surface area contributed by atoms with Gasteiger partial charge in [-0.1, -0.05) is 6.92 Å². The van der Waals surface area contributed by atoms with Crippen LogP contribution in [-0.4, -0.2) is 50.2 Å². The molecule has 0 aliphatic heterocycles. The van der Waals surface area contributed by atoms with Crippen molar-refractivity contribution < 1.29 is 24.2 Å². The van der Waals surface area contributed by atoms with Gasteiger partial charge in [-0.2, -0.15) is 0 Å². The van der Waals surface area contributed by atoms with Crippen LogP contribution in [0.3, 0.4) is 0 Å². The molecule has 0 aromatic heterocycles. The smallest absolute Gasteiger partial charge is 0.151 e. The summed E-state index contributed by atoms with van der Waals surface area (Å²) in [6.07, 6.45) is 0.519. The number of hydrogen-bond acceptors (Lipinski definition) is 5. The summed E-state index contributed by atoms with van der Waals surface area (Å²) >= 11 is 0. The van der Waals surface area contributed by atoms with E-state index in [1.165, 1.54) is 7.11 Å². The van der Waals surface area contributed by atoms with Crippen LogP contribution in [0.5, 0.6) is 0 Å². The maximum atomic E-state index is 10.7. The lowest BCUT2D eigenvalue weighted by Crippen LogP contribution is -2.35. The number of aliphatic hydroxyl groups excluding tert-OH is 1. The molecule has 0 aliphatic rings. The number of hydrogen-bond donors (Lipinski definition) is 1. The molecule has 1 N–H and O–H groups in total. The Hall–Kier alpha value is -0.780. The van der Waals surface area contributed by atoms with Gasteiger partial charge in [0.1, 0.15) is 12.4 Å². The fourth-order valence-electron chi connectivity index (χ4n) is 1.23. The molecule has 0 amide bonds. The molecule has 0 saturated heterocycles. The fourth-order valence-corrected chi connectivity index (χ4v) is 1.23. The largest absolute Gasteiger partial charge is 0.394 e. The average molecular weight is 218 g/mol.